The molecule has 0 saturated heterocycles. The van der Waals surface area contributed by atoms with Gasteiger partial charge in [-0.05, 0) is 20.3 Å². The zero-order chi connectivity index (χ0) is 12.8. The SMILES string of the molecule is CCCCN(CC)C(=O)N(C)c1cc(C)on1. The van der Waals surface area contributed by atoms with Crippen molar-refractivity contribution < 1.29 is 9.32 Å². The summed E-state index contributed by atoms with van der Waals surface area (Å²) >= 11 is 0. The predicted molar refractivity (Wildman–Crippen MR) is 67.2 cm³/mol. The number of aryl methyl sites for hydroxylation is 1. The van der Waals surface area contributed by atoms with Gasteiger partial charge in [0.15, 0.2) is 5.82 Å². The number of nitrogens with zero attached hydrogens (tertiary/aromatic N) is 3. The fourth-order valence-electron chi connectivity index (χ4n) is 1.56. The van der Waals surface area contributed by atoms with Gasteiger partial charge in [0.05, 0.1) is 0 Å². The highest BCUT2D eigenvalue weighted by Gasteiger charge is 2.19. The van der Waals surface area contributed by atoms with Crippen LogP contribution in [0.4, 0.5) is 10.6 Å². The number of carbonyl (C=O) groups excluding carboxylic acids is 1. The highest BCUT2D eigenvalue weighted by molar-refractivity contribution is 5.90. The average Bonchev–Trinajstić information content (AvgIpc) is 2.75. The standard InChI is InChI=1S/C12H21N3O2/c1-5-7-8-15(6-2)12(16)14(4)11-9-10(3)17-13-11/h9H,5-8H2,1-4H3. The van der Waals surface area contributed by atoms with Crippen molar-refractivity contribution in [3.05, 3.63) is 11.8 Å². The first-order valence-electron chi connectivity index (χ1n) is 6.06. The van der Waals surface area contributed by atoms with E-state index in [1.807, 2.05) is 18.7 Å². The minimum atomic E-state index is -0.0331. The Labute approximate surface area is 102 Å². The summed E-state index contributed by atoms with van der Waals surface area (Å²) in [6, 6.07) is 1.72. The van der Waals surface area contributed by atoms with E-state index in [-0.39, 0.29) is 6.03 Å². The lowest BCUT2D eigenvalue weighted by atomic mass is 10.3. The van der Waals surface area contributed by atoms with E-state index >= 15 is 0 Å². The second-order valence-electron chi connectivity index (χ2n) is 4.07. The third kappa shape index (κ3) is 3.47. The molecule has 0 fully saturated rings. The molecule has 2 amide bonds. The molecule has 0 saturated carbocycles. The topological polar surface area (TPSA) is 49.6 Å². The lowest BCUT2D eigenvalue weighted by molar-refractivity contribution is 0.207. The van der Waals surface area contributed by atoms with E-state index in [1.54, 1.807) is 13.1 Å². The molecule has 0 aliphatic carbocycles. The molecule has 0 radical (unpaired) electrons. The van der Waals surface area contributed by atoms with Crippen molar-refractivity contribution in [2.24, 2.45) is 0 Å². The maximum atomic E-state index is 12.2. The number of unbranched alkanes of at least 4 members (excludes halogenated alkanes) is 1. The van der Waals surface area contributed by atoms with Gasteiger partial charge in [-0.2, -0.15) is 0 Å². The van der Waals surface area contributed by atoms with Crippen molar-refractivity contribution in [2.75, 3.05) is 25.0 Å². The average molecular weight is 239 g/mol. The molecule has 5 nitrogen and oxygen atoms in total. The van der Waals surface area contributed by atoms with Gasteiger partial charge < -0.3 is 9.42 Å². The van der Waals surface area contributed by atoms with E-state index in [4.69, 9.17) is 4.52 Å². The summed E-state index contributed by atoms with van der Waals surface area (Å²) in [6.45, 7) is 7.40. The second kappa shape index (κ2) is 6.27. The van der Waals surface area contributed by atoms with Crippen LogP contribution in [0.2, 0.25) is 0 Å². The van der Waals surface area contributed by atoms with Gasteiger partial charge in [-0.3, -0.25) is 4.90 Å². The number of carbonyl (C=O) groups is 1. The Morgan fingerprint density at radius 3 is 2.65 bits per heavy atom. The molecule has 0 atom stereocenters. The van der Waals surface area contributed by atoms with Crippen LogP contribution in [-0.2, 0) is 0 Å². The zero-order valence-electron chi connectivity index (χ0n) is 11.1. The fraction of sp³-hybridized carbons (Fsp3) is 0.667. The van der Waals surface area contributed by atoms with Crippen LogP contribution < -0.4 is 4.90 Å². The van der Waals surface area contributed by atoms with Crippen molar-refractivity contribution in [3.63, 3.8) is 0 Å². The summed E-state index contributed by atoms with van der Waals surface area (Å²) in [5.74, 6) is 1.26. The van der Waals surface area contributed by atoms with Crippen LogP contribution in [0.1, 0.15) is 32.4 Å². The number of aromatic nitrogens is 1. The largest absolute Gasteiger partial charge is 0.360 e. The molecule has 1 heterocycles. The Morgan fingerprint density at radius 1 is 1.47 bits per heavy atom. The third-order valence-corrected chi connectivity index (χ3v) is 2.68. The number of rotatable bonds is 5. The summed E-state index contributed by atoms with van der Waals surface area (Å²) in [5, 5.41) is 3.84. The molecule has 1 aromatic rings. The van der Waals surface area contributed by atoms with Gasteiger partial charge in [0.1, 0.15) is 5.76 Å². The normalized spacial score (nSPS) is 10.4. The van der Waals surface area contributed by atoms with Crippen molar-refractivity contribution in [1.29, 1.82) is 0 Å². The molecule has 0 spiro atoms. The third-order valence-electron chi connectivity index (χ3n) is 2.68. The maximum Gasteiger partial charge on any atom is 0.325 e. The van der Waals surface area contributed by atoms with Crippen LogP contribution in [0.25, 0.3) is 0 Å². The van der Waals surface area contributed by atoms with E-state index in [1.165, 1.54) is 4.90 Å². The Kier molecular flexibility index (Phi) is 5.00. The monoisotopic (exact) mass is 239 g/mol. The molecule has 0 unspecified atom stereocenters. The van der Waals surface area contributed by atoms with Crippen molar-refractivity contribution in [1.82, 2.24) is 10.1 Å². The van der Waals surface area contributed by atoms with Gasteiger partial charge in [-0.1, -0.05) is 18.5 Å². The fourth-order valence-corrected chi connectivity index (χ4v) is 1.56. The number of amides is 2. The minimum absolute atomic E-state index is 0.0331. The molecule has 1 rings (SSSR count). The molecule has 5 heteroatoms. The van der Waals surface area contributed by atoms with Gasteiger partial charge in [0.25, 0.3) is 0 Å². The predicted octanol–water partition coefficient (Wildman–Crippen LogP) is 2.66. The summed E-state index contributed by atoms with van der Waals surface area (Å²) in [7, 11) is 1.72. The maximum absolute atomic E-state index is 12.2. The van der Waals surface area contributed by atoms with E-state index in [0.717, 1.165) is 19.4 Å². The summed E-state index contributed by atoms with van der Waals surface area (Å²) in [5.41, 5.74) is 0. The van der Waals surface area contributed by atoms with Crippen LogP contribution in [0.5, 0.6) is 0 Å². The lowest BCUT2D eigenvalue weighted by Gasteiger charge is -2.25. The smallest absolute Gasteiger partial charge is 0.325 e. The zero-order valence-corrected chi connectivity index (χ0v) is 11.1. The van der Waals surface area contributed by atoms with Crippen LogP contribution in [0, 0.1) is 6.92 Å². The van der Waals surface area contributed by atoms with Gasteiger partial charge in [-0.25, -0.2) is 4.79 Å². The van der Waals surface area contributed by atoms with E-state index in [0.29, 0.717) is 18.1 Å². The lowest BCUT2D eigenvalue weighted by Crippen LogP contribution is -2.41. The first-order chi connectivity index (χ1) is 8.10. The Balaban J connectivity index is 2.66. The molecule has 0 bridgehead atoms. The molecular formula is C12H21N3O2. The minimum Gasteiger partial charge on any atom is -0.360 e. The summed E-state index contributed by atoms with van der Waals surface area (Å²) in [4.78, 5) is 15.5. The summed E-state index contributed by atoms with van der Waals surface area (Å²) in [6.07, 6.45) is 2.10. The van der Waals surface area contributed by atoms with Crippen molar-refractivity contribution in [2.45, 2.75) is 33.6 Å². The molecule has 96 valence electrons. The molecule has 0 N–H and O–H groups in total. The second-order valence-corrected chi connectivity index (χ2v) is 4.07. The number of anilines is 1. The molecule has 1 aromatic heterocycles. The quantitative estimate of drug-likeness (QED) is 0.793. The molecule has 0 aliphatic rings. The first-order valence-corrected chi connectivity index (χ1v) is 6.06. The van der Waals surface area contributed by atoms with Crippen LogP contribution in [0.15, 0.2) is 10.6 Å². The van der Waals surface area contributed by atoms with Crippen LogP contribution >= 0.6 is 0 Å². The van der Waals surface area contributed by atoms with Gasteiger partial charge in [0, 0.05) is 26.2 Å². The number of hydrogen-bond acceptors (Lipinski definition) is 3. The highest BCUT2D eigenvalue weighted by atomic mass is 16.5. The Bertz CT molecular complexity index is 362. The molecule has 17 heavy (non-hydrogen) atoms. The van der Waals surface area contributed by atoms with Crippen LogP contribution in [-0.4, -0.2) is 36.2 Å². The molecule has 0 aromatic carbocycles. The van der Waals surface area contributed by atoms with E-state index in [2.05, 4.69) is 12.1 Å². The van der Waals surface area contributed by atoms with Gasteiger partial charge in [0.2, 0.25) is 0 Å². The molecule has 0 aliphatic heterocycles. The number of hydrogen-bond donors (Lipinski definition) is 0. The Hall–Kier alpha value is -1.52. The molecular weight excluding hydrogens is 218 g/mol. The van der Waals surface area contributed by atoms with Gasteiger partial charge >= 0.3 is 6.03 Å². The highest BCUT2D eigenvalue weighted by Crippen LogP contribution is 2.14. The number of urea groups is 1. The van der Waals surface area contributed by atoms with Crippen molar-refractivity contribution >= 4 is 11.8 Å². The van der Waals surface area contributed by atoms with E-state index in [9.17, 15) is 4.79 Å². The van der Waals surface area contributed by atoms with Crippen LogP contribution in [0.3, 0.4) is 0 Å². The van der Waals surface area contributed by atoms with Crippen molar-refractivity contribution in [3.8, 4) is 0 Å². The first kappa shape index (κ1) is 13.5. The van der Waals surface area contributed by atoms with Gasteiger partial charge in [-0.15, -0.1) is 0 Å². The Morgan fingerprint density at radius 2 is 2.18 bits per heavy atom. The van der Waals surface area contributed by atoms with E-state index < -0.39 is 0 Å². The summed E-state index contributed by atoms with van der Waals surface area (Å²) < 4.78 is 4.97.